The van der Waals surface area contributed by atoms with Gasteiger partial charge in [-0.1, -0.05) is 0 Å². The molecule has 0 bridgehead atoms. The quantitative estimate of drug-likeness (QED) is 0.587. The monoisotopic (exact) mass is 300 g/mol. The third kappa shape index (κ3) is 4.43. The maximum atomic E-state index is 5.38. The molecule has 0 N–H and O–H groups in total. The molecule has 0 unspecified atom stereocenters. The van der Waals surface area contributed by atoms with Gasteiger partial charge in [-0.15, -0.1) is 0 Å². The van der Waals surface area contributed by atoms with E-state index in [1.165, 1.54) is 28.4 Å². The van der Waals surface area contributed by atoms with Crippen LogP contribution in [0.15, 0.2) is 0 Å². The smallest absolute Gasteiger partial charge is 0.375 e. The second-order valence-electron chi connectivity index (χ2n) is 2.22. The SMILES string of the molecule is CO[Si]1O[Si](OC)O[Si](OC)O[Si](OC)O1. The van der Waals surface area contributed by atoms with Crippen LogP contribution < -0.4 is 0 Å². The summed E-state index contributed by atoms with van der Waals surface area (Å²) < 4.78 is 41.6. The van der Waals surface area contributed by atoms with Crippen molar-refractivity contribution in [1.82, 2.24) is 0 Å². The zero-order valence-electron chi connectivity index (χ0n) is 9.27. The molecule has 16 heavy (non-hydrogen) atoms. The van der Waals surface area contributed by atoms with E-state index in [4.69, 9.17) is 34.2 Å². The summed E-state index contributed by atoms with van der Waals surface area (Å²) in [6.45, 7) is 0. The summed E-state index contributed by atoms with van der Waals surface area (Å²) >= 11 is 0. The maximum absolute atomic E-state index is 5.38. The number of rotatable bonds is 4. The molecule has 1 fully saturated rings. The van der Waals surface area contributed by atoms with Gasteiger partial charge in [0.15, 0.2) is 0 Å². The fourth-order valence-electron chi connectivity index (χ4n) is 0.689. The van der Waals surface area contributed by atoms with Gasteiger partial charge >= 0.3 is 38.1 Å². The summed E-state index contributed by atoms with van der Waals surface area (Å²) in [4.78, 5) is 0. The van der Waals surface area contributed by atoms with Crippen LogP contribution in [0.1, 0.15) is 0 Å². The van der Waals surface area contributed by atoms with E-state index >= 15 is 0 Å². The van der Waals surface area contributed by atoms with Gasteiger partial charge in [0.25, 0.3) is 0 Å². The van der Waals surface area contributed by atoms with Crippen molar-refractivity contribution >= 4 is 38.1 Å². The highest BCUT2D eigenvalue weighted by atomic mass is 28.5. The van der Waals surface area contributed by atoms with Gasteiger partial charge in [-0.3, -0.25) is 0 Å². The molecule has 0 aromatic rings. The van der Waals surface area contributed by atoms with Crippen LogP contribution in [-0.4, -0.2) is 66.5 Å². The highest BCUT2D eigenvalue weighted by molar-refractivity contribution is 6.67. The Morgan fingerprint density at radius 2 is 0.688 bits per heavy atom. The van der Waals surface area contributed by atoms with Gasteiger partial charge in [-0.2, -0.15) is 0 Å². The summed E-state index contributed by atoms with van der Waals surface area (Å²) in [6, 6.07) is 0. The number of hydrogen-bond donors (Lipinski definition) is 0. The lowest BCUT2D eigenvalue weighted by Gasteiger charge is -2.25. The Labute approximate surface area is 101 Å². The van der Waals surface area contributed by atoms with Gasteiger partial charge in [0.1, 0.15) is 0 Å². The topological polar surface area (TPSA) is 73.8 Å². The standard InChI is InChI=1S/C4H12O8Si4/c1-5-13-9-14(6-2)11-16(8-4)12-15(7-3)10-13/h1-4H3. The molecule has 0 atom stereocenters. The summed E-state index contributed by atoms with van der Waals surface area (Å²) in [5, 5.41) is 0. The van der Waals surface area contributed by atoms with E-state index in [1.807, 2.05) is 0 Å². The van der Waals surface area contributed by atoms with Gasteiger partial charge in [0.05, 0.1) is 0 Å². The summed E-state index contributed by atoms with van der Waals surface area (Å²) in [7, 11) is -1.89. The fourth-order valence-corrected chi connectivity index (χ4v) is 7.70. The van der Waals surface area contributed by atoms with E-state index in [-0.39, 0.29) is 0 Å². The average molecular weight is 300 g/mol. The summed E-state index contributed by atoms with van der Waals surface area (Å²) in [6.07, 6.45) is 0. The second kappa shape index (κ2) is 7.79. The van der Waals surface area contributed by atoms with Crippen molar-refractivity contribution in [1.29, 1.82) is 0 Å². The molecule has 0 spiro atoms. The molecular formula is C4H12O8Si4. The van der Waals surface area contributed by atoms with Crippen LogP contribution >= 0.6 is 0 Å². The second-order valence-corrected chi connectivity index (χ2v) is 9.12. The zero-order valence-corrected chi connectivity index (χ0v) is 13.3. The third-order valence-electron chi connectivity index (χ3n) is 1.33. The molecule has 8 nitrogen and oxygen atoms in total. The van der Waals surface area contributed by atoms with Gasteiger partial charge in [-0.25, -0.2) is 0 Å². The van der Waals surface area contributed by atoms with E-state index < -0.39 is 38.1 Å². The first-order chi connectivity index (χ1) is 7.73. The Morgan fingerprint density at radius 3 is 0.812 bits per heavy atom. The minimum Gasteiger partial charge on any atom is -0.375 e. The van der Waals surface area contributed by atoms with Crippen LogP contribution in [0, 0.1) is 0 Å². The Bertz CT molecular complexity index is 149. The predicted molar refractivity (Wildman–Crippen MR) is 55.4 cm³/mol. The first-order valence-electron chi connectivity index (χ1n) is 4.08. The minimum atomic E-state index is -1.95. The Kier molecular flexibility index (Phi) is 7.12. The molecule has 1 aliphatic rings. The molecule has 1 aliphatic heterocycles. The van der Waals surface area contributed by atoms with Gasteiger partial charge in [0, 0.05) is 28.4 Å². The largest absolute Gasteiger partial charge is 0.561 e. The molecular weight excluding hydrogens is 288 g/mol. The van der Waals surface area contributed by atoms with E-state index in [0.717, 1.165) is 0 Å². The Morgan fingerprint density at radius 1 is 0.500 bits per heavy atom. The summed E-state index contributed by atoms with van der Waals surface area (Å²) in [5.74, 6) is 0. The van der Waals surface area contributed by atoms with Gasteiger partial charge < -0.3 is 34.2 Å². The molecule has 12 heteroatoms. The molecule has 1 saturated heterocycles. The zero-order chi connectivity index (χ0) is 12.0. The van der Waals surface area contributed by atoms with Crippen molar-refractivity contribution in [3.63, 3.8) is 0 Å². The average Bonchev–Trinajstić information content (AvgIpc) is 2.29. The highest BCUT2D eigenvalue weighted by Crippen LogP contribution is 2.08. The van der Waals surface area contributed by atoms with Crippen molar-refractivity contribution in [2.75, 3.05) is 28.4 Å². The lowest BCUT2D eigenvalue weighted by atomic mass is 11.8. The molecule has 1 heterocycles. The molecule has 0 aliphatic carbocycles. The molecule has 4 radical (unpaired) electrons. The van der Waals surface area contributed by atoms with Crippen LogP contribution in [0.2, 0.25) is 0 Å². The van der Waals surface area contributed by atoms with Gasteiger partial charge in [-0.05, 0) is 0 Å². The van der Waals surface area contributed by atoms with E-state index in [9.17, 15) is 0 Å². The molecule has 0 aromatic heterocycles. The molecule has 92 valence electrons. The van der Waals surface area contributed by atoms with Crippen molar-refractivity contribution in [3.05, 3.63) is 0 Å². The van der Waals surface area contributed by atoms with Crippen LogP contribution in [0.25, 0.3) is 0 Å². The molecule has 0 saturated carbocycles. The normalized spacial score (nSPS) is 23.2. The van der Waals surface area contributed by atoms with E-state index in [1.54, 1.807) is 0 Å². The predicted octanol–water partition coefficient (Wildman–Crippen LogP) is -1.41. The maximum Gasteiger partial charge on any atom is 0.561 e. The van der Waals surface area contributed by atoms with Crippen LogP contribution in [-0.2, 0) is 34.2 Å². The lowest BCUT2D eigenvalue weighted by molar-refractivity contribution is 0.0964. The van der Waals surface area contributed by atoms with Crippen LogP contribution in [0.3, 0.4) is 0 Å². The van der Waals surface area contributed by atoms with Crippen LogP contribution in [0.4, 0.5) is 0 Å². The molecule has 0 aromatic carbocycles. The van der Waals surface area contributed by atoms with Crippen molar-refractivity contribution in [2.45, 2.75) is 0 Å². The lowest BCUT2D eigenvalue weighted by Crippen LogP contribution is -2.51. The minimum absolute atomic E-state index is 1.47. The Balaban J connectivity index is 2.61. The van der Waals surface area contributed by atoms with Crippen molar-refractivity contribution in [2.24, 2.45) is 0 Å². The third-order valence-corrected chi connectivity index (χ3v) is 8.00. The molecule has 0 amide bonds. The fraction of sp³-hybridized carbons (Fsp3) is 1.00. The summed E-state index contributed by atoms with van der Waals surface area (Å²) in [5.41, 5.74) is 0. The molecule has 1 rings (SSSR count). The Hall–Kier alpha value is 0.548. The highest BCUT2D eigenvalue weighted by Gasteiger charge is 2.43. The van der Waals surface area contributed by atoms with E-state index in [2.05, 4.69) is 0 Å². The first kappa shape index (κ1) is 14.6. The number of hydrogen-bond acceptors (Lipinski definition) is 8. The van der Waals surface area contributed by atoms with Crippen LogP contribution in [0.5, 0.6) is 0 Å². The van der Waals surface area contributed by atoms with Gasteiger partial charge in [0.2, 0.25) is 0 Å². The van der Waals surface area contributed by atoms with Crippen molar-refractivity contribution in [3.8, 4) is 0 Å². The van der Waals surface area contributed by atoms with E-state index in [0.29, 0.717) is 0 Å². The van der Waals surface area contributed by atoms with Crippen molar-refractivity contribution < 1.29 is 34.2 Å². The first-order valence-corrected chi connectivity index (χ1v) is 8.98.